The SMILES string of the molecule is [AlH3].[BiH3].[PbH2].[SiH3][B][TeH].[Zn]. The molecule has 0 saturated heterocycles. The van der Waals surface area contributed by atoms with Crippen molar-refractivity contribution in [3.8, 4) is 0 Å². The summed E-state index contributed by atoms with van der Waals surface area (Å²) in [6.07, 6.45) is 0. The van der Waals surface area contributed by atoms with Crippen LogP contribution in [0.1, 0.15) is 0 Å². The van der Waals surface area contributed by atoms with Crippen LogP contribution in [0.4, 0.5) is 0 Å². The Balaban J connectivity index is -0.00000000333. The molecule has 0 aliphatic heterocycles. The van der Waals surface area contributed by atoms with Crippen molar-refractivity contribution in [3.05, 3.63) is 0 Å². The van der Waals surface area contributed by atoms with Gasteiger partial charge in [0.05, 0.1) is 0 Å². The van der Waals surface area contributed by atoms with E-state index in [0.717, 1.165) is 0 Å². The summed E-state index contributed by atoms with van der Waals surface area (Å²) in [6, 6.07) is 0. The van der Waals surface area contributed by atoms with E-state index in [1.165, 1.54) is 10.1 Å². The summed E-state index contributed by atoms with van der Waals surface area (Å²) in [6.45, 7) is 0. The summed E-state index contributed by atoms with van der Waals surface area (Å²) < 4.78 is 2.19. The molecule has 0 rings (SSSR count). The normalized spacial score (nSPS) is 2.43. The molecule has 0 aliphatic rings. The summed E-state index contributed by atoms with van der Waals surface area (Å²) in [5.41, 5.74) is 0. The standard InChI is InChI=1S/Al.BH4SiTe.Bi.Pb.Zn.8H/c;2-1-3;;;;;;;;;;;/h;3H,2H3;;;;;;;;;;;. The molecule has 39 valence electrons. The largest absolute Gasteiger partial charge is 0 e. The van der Waals surface area contributed by atoms with Crippen molar-refractivity contribution in [1.82, 2.24) is 0 Å². The smallest absolute Gasteiger partial charge is 0 e. The van der Waals surface area contributed by atoms with Crippen LogP contribution < -0.4 is 0 Å². The van der Waals surface area contributed by atoms with Gasteiger partial charge in [-0.05, 0) is 0 Å². The van der Waals surface area contributed by atoms with Crippen LogP contribution in [0, 0.1) is 0 Å². The van der Waals surface area contributed by atoms with Gasteiger partial charge in [-0.15, -0.1) is 0 Å². The first kappa shape index (κ1) is 30.5. The first-order chi connectivity index (χ1) is 1.41. The number of hydrogen-bond donors (Lipinski definition) is 0. The van der Waals surface area contributed by atoms with Gasteiger partial charge in [0.15, 0.2) is 17.4 Å². The van der Waals surface area contributed by atoms with Gasteiger partial charge in [-0.1, -0.05) is 0 Å². The van der Waals surface area contributed by atoms with Crippen LogP contribution in [-0.2, 0) is 19.5 Å². The molecular formula is H12AlBBiPbSiTeZn. The summed E-state index contributed by atoms with van der Waals surface area (Å²) in [5, 5.41) is 0. The van der Waals surface area contributed by atoms with E-state index in [2.05, 4.69) is 4.77 Å². The van der Waals surface area contributed by atoms with Crippen molar-refractivity contribution < 1.29 is 19.5 Å². The van der Waals surface area contributed by atoms with E-state index >= 15 is 0 Å². The molecule has 0 N–H and O–H groups in total. The summed E-state index contributed by atoms with van der Waals surface area (Å²) >= 11 is 1.79. The van der Waals surface area contributed by atoms with E-state index in [0.29, 0.717) is 0 Å². The van der Waals surface area contributed by atoms with Crippen LogP contribution in [0.2, 0.25) is 0 Å². The fourth-order valence-corrected chi connectivity index (χ4v) is 0. The van der Waals surface area contributed by atoms with E-state index in [4.69, 9.17) is 0 Å². The second-order valence-corrected chi connectivity index (χ2v) is 5.20. The quantitative estimate of drug-likeness (QED) is 0.224. The third-order valence-corrected chi connectivity index (χ3v) is 0. The Hall–Kier alpha value is 4.03. The Morgan fingerprint density at radius 3 is 1.43 bits per heavy atom. The molecule has 0 amide bonds. The summed E-state index contributed by atoms with van der Waals surface area (Å²) in [7, 11) is 1.27. The number of hydrogen-bond acceptors (Lipinski definition) is 0. The van der Waals surface area contributed by atoms with Gasteiger partial charge in [-0.25, -0.2) is 0 Å². The minimum Gasteiger partial charge on any atom is 0 e. The van der Waals surface area contributed by atoms with E-state index in [-0.39, 0.29) is 90.3 Å². The van der Waals surface area contributed by atoms with Gasteiger partial charge < -0.3 is 0 Å². The van der Waals surface area contributed by atoms with Crippen molar-refractivity contribution in [2.45, 2.75) is 0 Å². The van der Waals surface area contributed by atoms with Crippen LogP contribution in [-0.4, -0.2) is 108 Å². The zero-order valence-corrected chi connectivity index (χ0v) is 22.7. The molecular weight excluding hydrogens is 675 g/mol. The molecule has 7 heteroatoms. The second kappa shape index (κ2) is 32.3. The minimum absolute atomic E-state index is 0. The maximum atomic E-state index is 2.19. The molecule has 3 radical (unpaired) electrons. The van der Waals surface area contributed by atoms with E-state index in [1.54, 1.807) is 22.1 Å². The maximum Gasteiger partial charge on any atom is 0 e. The monoisotopic (exact) mass is 689 g/mol. The van der Waals surface area contributed by atoms with Crippen molar-refractivity contribution in [3.63, 3.8) is 0 Å². The first-order valence-electron chi connectivity index (χ1n) is 0.836. The topological polar surface area (TPSA) is 0 Å². The summed E-state index contributed by atoms with van der Waals surface area (Å²) in [4.78, 5) is 0. The fraction of sp³-hybridized carbons (Fsp3) is 0. The molecule has 0 fully saturated rings. The number of rotatable bonds is 0. The second-order valence-electron chi connectivity index (χ2n) is 0.258. The van der Waals surface area contributed by atoms with Crippen molar-refractivity contribution in [2.24, 2.45) is 0 Å². The Bertz CT molecular complexity index is 19.7. The first-order valence-corrected chi connectivity index (χ1v) is 3.46. The molecule has 0 heterocycles. The van der Waals surface area contributed by atoms with E-state index < -0.39 is 0 Å². The van der Waals surface area contributed by atoms with Crippen molar-refractivity contribution in [1.29, 1.82) is 0 Å². The van der Waals surface area contributed by atoms with Gasteiger partial charge in [0.25, 0.3) is 0 Å². The van der Waals surface area contributed by atoms with Gasteiger partial charge in [0.1, 0.15) is 0 Å². The Morgan fingerprint density at radius 1 is 1.43 bits per heavy atom. The Morgan fingerprint density at radius 2 is 1.43 bits per heavy atom. The molecule has 0 unspecified atom stereocenters. The average Bonchev–Trinajstić information content (AvgIpc) is 0.918. The van der Waals surface area contributed by atoms with Gasteiger partial charge in [-0.2, -0.15) is 0 Å². The van der Waals surface area contributed by atoms with Gasteiger partial charge in [-0.3, -0.25) is 0 Å². The van der Waals surface area contributed by atoms with Crippen LogP contribution in [0.15, 0.2) is 0 Å². The van der Waals surface area contributed by atoms with E-state index in [1.807, 2.05) is 0 Å². The van der Waals surface area contributed by atoms with Gasteiger partial charge in [0, 0.05) is 19.5 Å². The molecule has 0 aromatic carbocycles. The molecule has 0 bridgehead atoms. The molecule has 0 saturated carbocycles. The molecule has 7 heavy (non-hydrogen) atoms. The minimum atomic E-state index is 0. The van der Waals surface area contributed by atoms with Gasteiger partial charge in [0.2, 0.25) is 0 Å². The Kier molecular flexibility index (Phi) is 141. The van der Waals surface area contributed by atoms with Crippen LogP contribution in [0.3, 0.4) is 0 Å². The van der Waals surface area contributed by atoms with E-state index in [9.17, 15) is 0 Å². The molecule has 0 nitrogen and oxygen atoms in total. The fourth-order valence-electron chi connectivity index (χ4n) is 0. The zero-order chi connectivity index (χ0) is 2.71. The molecule has 0 aromatic rings. The van der Waals surface area contributed by atoms with Crippen LogP contribution >= 0.6 is 0 Å². The summed E-state index contributed by atoms with van der Waals surface area (Å²) in [5.74, 6) is 0. The third-order valence-electron chi connectivity index (χ3n) is 0. The van der Waals surface area contributed by atoms with Crippen molar-refractivity contribution >= 4 is 108 Å². The molecule has 0 aromatic heterocycles. The molecule has 0 atom stereocenters. The van der Waals surface area contributed by atoms with Crippen molar-refractivity contribution in [2.75, 3.05) is 0 Å². The van der Waals surface area contributed by atoms with Crippen LogP contribution in [0.25, 0.3) is 0 Å². The predicted molar refractivity (Wildman–Crippen MR) is 51.3 cm³/mol. The van der Waals surface area contributed by atoms with Crippen LogP contribution in [0.5, 0.6) is 0 Å². The van der Waals surface area contributed by atoms with Gasteiger partial charge >= 0.3 is 90.5 Å². The third kappa shape index (κ3) is 39.8. The molecule has 0 spiro atoms. The maximum absolute atomic E-state index is 2.19. The average molecular weight is 687 g/mol. The molecule has 0 aliphatic carbocycles. The zero-order valence-electron chi connectivity index (χ0n) is 4.15. The Labute approximate surface area is 125 Å². The predicted octanol–water partition coefficient (Wildman–Crippen LogP) is -5.50.